The number of aromatic nitrogens is 3. The van der Waals surface area contributed by atoms with Gasteiger partial charge < -0.3 is 15.0 Å². The molecular formula is C22H26N4O3. The normalized spacial score (nSPS) is 15.8. The quantitative estimate of drug-likeness (QED) is 0.706. The van der Waals surface area contributed by atoms with Crippen molar-refractivity contribution >= 4 is 22.8 Å². The molecule has 3 heterocycles. The number of amides is 1. The minimum atomic E-state index is -0.975. The van der Waals surface area contributed by atoms with Crippen LogP contribution in [-0.4, -0.2) is 49.7 Å². The predicted octanol–water partition coefficient (Wildman–Crippen LogP) is 3.84. The number of rotatable bonds is 3. The summed E-state index contributed by atoms with van der Waals surface area (Å²) >= 11 is 0. The highest BCUT2D eigenvalue weighted by molar-refractivity contribution is 5.98. The molecule has 1 aliphatic rings. The Morgan fingerprint density at radius 1 is 1.17 bits per heavy atom. The van der Waals surface area contributed by atoms with E-state index in [4.69, 9.17) is 5.11 Å². The zero-order valence-corrected chi connectivity index (χ0v) is 17.0. The number of carbonyl (C=O) groups excluding carboxylic acids is 1. The molecule has 1 saturated heterocycles. The van der Waals surface area contributed by atoms with E-state index in [1.165, 1.54) is 11.8 Å². The maximum atomic E-state index is 13.0. The number of H-pyrrole nitrogens is 1. The third kappa shape index (κ3) is 3.77. The topological polar surface area (TPSA) is 91.2 Å². The third-order valence-electron chi connectivity index (χ3n) is 5.69. The van der Waals surface area contributed by atoms with Gasteiger partial charge in [0.2, 0.25) is 0 Å². The Labute approximate surface area is 169 Å². The van der Waals surface area contributed by atoms with Crippen LogP contribution in [0, 0.1) is 0 Å². The lowest BCUT2D eigenvalue weighted by Crippen LogP contribution is -2.39. The van der Waals surface area contributed by atoms with Crippen molar-refractivity contribution in [2.45, 2.75) is 45.1 Å². The Morgan fingerprint density at radius 2 is 1.90 bits per heavy atom. The Bertz CT molecular complexity index is 1070. The molecule has 4 rings (SSSR count). The zero-order valence-electron chi connectivity index (χ0n) is 17.0. The number of likely N-dealkylation sites (tertiary alicyclic amines) is 1. The summed E-state index contributed by atoms with van der Waals surface area (Å²) in [6, 6.07) is 8.33. The third-order valence-corrected chi connectivity index (χ3v) is 5.69. The molecule has 2 aromatic heterocycles. The largest absolute Gasteiger partial charge is 0.478 e. The number of aromatic amines is 1. The summed E-state index contributed by atoms with van der Waals surface area (Å²) in [6.07, 6.45) is 4.44. The van der Waals surface area contributed by atoms with E-state index < -0.39 is 5.97 Å². The fourth-order valence-corrected chi connectivity index (χ4v) is 3.86. The van der Waals surface area contributed by atoms with Gasteiger partial charge in [-0.05, 0) is 36.0 Å². The summed E-state index contributed by atoms with van der Waals surface area (Å²) < 4.78 is 1.71. The average molecular weight is 394 g/mol. The van der Waals surface area contributed by atoms with Crippen LogP contribution in [0.4, 0.5) is 0 Å². The van der Waals surface area contributed by atoms with Crippen LogP contribution >= 0.6 is 0 Å². The highest BCUT2D eigenvalue weighted by Gasteiger charge is 2.26. The van der Waals surface area contributed by atoms with E-state index in [2.05, 4.69) is 49.1 Å². The molecule has 1 aromatic carbocycles. The number of aromatic carboxylic acids is 1. The van der Waals surface area contributed by atoms with Crippen LogP contribution < -0.4 is 0 Å². The Morgan fingerprint density at radius 3 is 2.52 bits per heavy atom. The summed E-state index contributed by atoms with van der Waals surface area (Å²) in [6.45, 7) is 7.76. The van der Waals surface area contributed by atoms with E-state index in [-0.39, 0.29) is 22.9 Å². The van der Waals surface area contributed by atoms with Crippen molar-refractivity contribution in [3.8, 4) is 0 Å². The summed E-state index contributed by atoms with van der Waals surface area (Å²) in [5.74, 6) is -0.971. The molecule has 0 bridgehead atoms. The van der Waals surface area contributed by atoms with Gasteiger partial charge in [-0.2, -0.15) is 5.10 Å². The molecule has 1 aliphatic heterocycles. The number of carboxylic acids is 1. The lowest BCUT2D eigenvalue weighted by atomic mass is 9.87. The molecule has 0 radical (unpaired) electrons. The fourth-order valence-electron chi connectivity index (χ4n) is 3.86. The highest BCUT2D eigenvalue weighted by Crippen LogP contribution is 2.28. The molecule has 152 valence electrons. The fraction of sp³-hybridized carbons (Fsp3) is 0.409. The van der Waals surface area contributed by atoms with Crippen LogP contribution in [0.25, 0.3) is 10.9 Å². The maximum absolute atomic E-state index is 13.0. The van der Waals surface area contributed by atoms with Crippen LogP contribution in [0.15, 0.2) is 36.7 Å². The van der Waals surface area contributed by atoms with Gasteiger partial charge in [0.1, 0.15) is 5.69 Å². The van der Waals surface area contributed by atoms with E-state index in [9.17, 15) is 9.59 Å². The van der Waals surface area contributed by atoms with Gasteiger partial charge in [0, 0.05) is 30.2 Å². The van der Waals surface area contributed by atoms with Gasteiger partial charge in [-0.1, -0.05) is 32.9 Å². The van der Waals surface area contributed by atoms with Crippen LogP contribution in [0.5, 0.6) is 0 Å². The lowest BCUT2D eigenvalue weighted by molar-refractivity contribution is 0.0684. The minimum Gasteiger partial charge on any atom is -0.478 e. The van der Waals surface area contributed by atoms with Crippen molar-refractivity contribution in [1.29, 1.82) is 0 Å². The first-order chi connectivity index (χ1) is 13.7. The Hall–Kier alpha value is -3.09. The van der Waals surface area contributed by atoms with Crippen molar-refractivity contribution in [2.75, 3.05) is 13.1 Å². The summed E-state index contributed by atoms with van der Waals surface area (Å²) in [4.78, 5) is 29.2. The number of nitrogens with one attached hydrogen (secondary N) is 1. The van der Waals surface area contributed by atoms with Gasteiger partial charge in [0.25, 0.3) is 5.91 Å². The van der Waals surface area contributed by atoms with Crippen molar-refractivity contribution in [3.05, 3.63) is 53.5 Å². The van der Waals surface area contributed by atoms with Gasteiger partial charge in [0.15, 0.2) is 0 Å². The second kappa shape index (κ2) is 7.06. The molecule has 7 nitrogen and oxygen atoms in total. The summed E-state index contributed by atoms with van der Waals surface area (Å²) in [5.41, 5.74) is 3.06. The molecule has 3 aromatic rings. The van der Waals surface area contributed by atoms with E-state index >= 15 is 0 Å². The highest BCUT2D eigenvalue weighted by atomic mass is 16.4. The first-order valence-corrected chi connectivity index (χ1v) is 9.92. The van der Waals surface area contributed by atoms with E-state index in [1.54, 1.807) is 10.9 Å². The molecule has 0 saturated carbocycles. The second-order valence-corrected chi connectivity index (χ2v) is 8.77. The molecule has 0 spiro atoms. The molecule has 0 atom stereocenters. The van der Waals surface area contributed by atoms with Crippen LogP contribution in [0.2, 0.25) is 0 Å². The van der Waals surface area contributed by atoms with Gasteiger partial charge in [0.05, 0.1) is 17.8 Å². The molecule has 2 N–H and O–H groups in total. The van der Waals surface area contributed by atoms with Crippen LogP contribution in [0.3, 0.4) is 0 Å². The average Bonchev–Trinajstić information content (AvgIpc) is 3.33. The van der Waals surface area contributed by atoms with Crippen molar-refractivity contribution in [2.24, 2.45) is 0 Å². The number of benzene rings is 1. The number of nitrogens with zero attached hydrogens (tertiary/aromatic N) is 3. The van der Waals surface area contributed by atoms with E-state index in [0.29, 0.717) is 18.8 Å². The van der Waals surface area contributed by atoms with Gasteiger partial charge in [-0.15, -0.1) is 0 Å². The summed E-state index contributed by atoms with van der Waals surface area (Å²) in [7, 11) is 0. The Kier molecular flexibility index (Phi) is 4.68. The zero-order chi connectivity index (χ0) is 20.8. The molecule has 0 unspecified atom stereocenters. The maximum Gasteiger partial charge on any atom is 0.338 e. The predicted molar refractivity (Wildman–Crippen MR) is 110 cm³/mol. The van der Waals surface area contributed by atoms with Crippen molar-refractivity contribution in [1.82, 2.24) is 19.7 Å². The monoisotopic (exact) mass is 394 g/mol. The number of carboxylic acid groups (broad SMARTS) is 1. The van der Waals surface area contributed by atoms with Gasteiger partial charge in [-0.3, -0.25) is 9.48 Å². The van der Waals surface area contributed by atoms with Crippen LogP contribution in [-0.2, 0) is 5.41 Å². The first kappa shape index (κ1) is 19.2. The van der Waals surface area contributed by atoms with E-state index in [1.807, 2.05) is 11.0 Å². The molecule has 0 aliphatic carbocycles. The Balaban J connectivity index is 1.46. The van der Waals surface area contributed by atoms with Crippen LogP contribution in [0.1, 0.15) is 66.1 Å². The first-order valence-electron chi connectivity index (χ1n) is 9.92. The molecular weight excluding hydrogens is 368 g/mol. The molecule has 1 amide bonds. The smallest absolute Gasteiger partial charge is 0.338 e. The molecule has 7 heteroatoms. The number of fused-ring (bicyclic) bond motifs is 1. The standard InChI is InChI=1S/C22H26N4O3/c1-22(2,3)16-5-4-14-10-19(24-18(14)11-16)20(27)25-8-6-17(7-9-25)26-13-15(12-23-26)21(28)29/h4-5,10-13,17,24H,6-9H2,1-3H3,(H,28,29). The number of hydrogen-bond acceptors (Lipinski definition) is 3. The van der Waals surface area contributed by atoms with Gasteiger partial charge in [-0.25, -0.2) is 4.79 Å². The minimum absolute atomic E-state index is 0.00338. The molecule has 29 heavy (non-hydrogen) atoms. The number of carbonyl (C=O) groups is 2. The second-order valence-electron chi connectivity index (χ2n) is 8.77. The number of hydrogen-bond donors (Lipinski definition) is 2. The van der Waals surface area contributed by atoms with Gasteiger partial charge >= 0.3 is 5.97 Å². The molecule has 1 fully saturated rings. The SMILES string of the molecule is CC(C)(C)c1ccc2cc(C(=O)N3CCC(n4cc(C(=O)O)cn4)CC3)[nH]c2c1. The summed E-state index contributed by atoms with van der Waals surface area (Å²) in [5, 5.41) is 14.3. The van der Waals surface area contributed by atoms with Crippen molar-refractivity contribution in [3.63, 3.8) is 0 Å². The number of piperidine rings is 1. The lowest BCUT2D eigenvalue weighted by Gasteiger charge is -2.31. The van der Waals surface area contributed by atoms with E-state index in [0.717, 1.165) is 23.7 Å². The van der Waals surface area contributed by atoms with Crippen molar-refractivity contribution < 1.29 is 14.7 Å².